The normalized spacial score (nSPS) is 23.0. The molecule has 120 valence electrons. The van der Waals surface area contributed by atoms with Crippen molar-refractivity contribution in [1.82, 2.24) is 10.0 Å². The molecule has 1 aromatic heterocycles. The first-order valence-corrected chi connectivity index (χ1v) is 10.9. The molecule has 4 nitrogen and oxygen atoms in total. The van der Waals surface area contributed by atoms with Crippen LogP contribution in [0.4, 0.5) is 0 Å². The molecule has 0 aromatic carbocycles. The Morgan fingerprint density at radius 2 is 2.19 bits per heavy atom. The molecule has 2 N–H and O–H groups in total. The molecule has 0 bridgehead atoms. The first kappa shape index (κ1) is 17.3. The summed E-state index contributed by atoms with van der Waals surface area (Å²) in [6.45, 7) is 4.87. The second-order valence-corrected chi connectivity index (χ2v) is 9.62. The topological polar surface area (TPSA) is 58.2 Å². The van der Waals surface area contributed by atoms with E-state index in [1.54, 1.807) is 11.4 Å². The average Bonchev–Trinajstić information content (AvgIpc) is 3.04. The summed E-state index contributed by atoms with van der Waals surface area (Å²) in [5.41, 5.74) is 0. The minimum Gasteiger partial charge on any atom is -0.310 e. The Balaban J connectivity index is 1.96. The molecule has 1 aliphatic carbocycles. The molecule has 2 atom stereocenters. The summed E-state index contributed by atoms with van der Waals surface area (Å²) in [5.74, 6) is 0. The molecule has 0 amide bonds. The molecule has 1 heterocycles. The van der Waals surface area contributed by atoms with Gasteiger partial charge >= 0.3 is 0 Å². The Labute approximate surface area is 136 Å². The predicted octanol–water partition coefficient (Wildman–Crippen LogP) is 2.81. The molecule has 7 heteroatoms. The van der Waals surface area contributed by atoms with Crippen molar-refractivity contribution in [2.24, 2.45) is 0 Å². The zero-order valence-electron chi connectivity index (χ0n) is 12.8. The first-order valence-electron chi connectivity index (χ1n) is 7.26. The van der Waals surface area contributed by atoms with Crippen LogP contribution < -0.4 is 10.0 Å². The second-order valence-electron chi connectivity index (χ2n) is 5.77. The van der Waals surface area contributed by atoms with E-state index >= 15 is 0 Å². The van der Waals surface area contributed by atoms with Crippen LogP contribution in [0.3, 0.4) is 0 Å². The van der Waals surface area contributed by atoms with E-state index in [2.05, 4.69) is 30.1 Å². The molecule has 1 fully saturated rings. The van der Waals surface area contributed by atoms with Gasteiger partial charge in [0.15, 0.2) is 0 Å². The van der Waals surface area contributed by atoms with E-state index < -0.39 is 10.0 Å². The zero-order chi connectivity index (χ0) is 15.5. The van der Waals surface area contributed by atoms with Gasteiger partial charge in [-0.25, -0.2) is 13.1 Å². The summed E-state index contributed by atoms with van der Waals surface area (Å²) in [6.07, 6.45) is 5.07. The maximum Gasteiger partial charge on any atom is 0.241 e. The van der Waals surface area contributed by atoms with Gasteiger partial charge in [0, 0.05) is 34.1 Å². The van der Waals surface area contributed by atoms with Gasteiger partial charge in [-0.05, 0) is 31.6 Å². The zero-order valence-corrected chi connectivity index (χ0v) is 15.2. The third-order valence-electron chi connectivity index (χ3n) is 3.66. The van der Waals surface area contributed by atoms with Crippen LogP contribution >= 0.6 is 23.1 Å². The van der Waals surface area contributed by atoms with Gasteiger partial charge in [0.1, 0.15) is 0 Å². The highest BCUT2D eigenvalue weighted by Crippen LogP contribution is 2.29. The van der Waals surface area contributed by atoms with Crippen molar-refractivity contribution in [1.29, 1.82) is 0 Å². The number of sulfonamides is 1. The molecule has 1 saturated carbocycles. The van der Waals surface area contributed by atoms with Crippen LogP contribution in [-0.4, -0.2) is 32.0 Å². The summed E-state index contributed by atoms with van der Waals surface area (Å²) in [4.78, 5) is 1.46. The van der Waals surface area contributed by atoms with Crippen LogP contribution in [0.5, 0.6) is 0 Å². The fraction of sp³-hybridized carbons (Fsp3) is 0.714. The molecule has 2 unspecified atom stereocenters. The Hall–Kier alpha value is -0.0800. The highest BCUT2D eigenvalue weighted by atomic mass is 32.2. The van der Waals surface area contributed by atoms with E-state index in [0.717, 1.165) is 30.7 Å². The van der Waals surface area contributed by atoms with Gasteiger partial charge in [-0.3, -0.25) is 0 Å². The summed E-state index contributed by atoms with van der Waals surface area (Å²) in [5, 5.41) is 5.63. The molecule has 1 aromatic rings. The molecular weight excluding hydrogens is 324 g/mol. The highest BCUT2D eigenvalue weighted by molar-refractivity contribution is 7.99. The molecule has 1 aliphatic rings. The fourth-order valence-corrected chi connectivity index (χ4v) is 5.75. The van der Waals surface area contributed by atoms with Gasteiger partial charge in [0.25, 0.3) is 0 Å². The van der Waals surface area contributed by atoms with Crippen LogP contribution in [-0.2, 0) is 16.6 Å². The number of hydrogen-bond donors (Lipinski definition) is 2. The molecule has 0 aliphatic heterocycles. The fourth-order valence-electron chi connectivity index (χ4n) is 2.45. The van der Waals surface area contributed by atoms with E-state index in [1.165, 1.54) is 11.3 Å². The van der Waals surface area contributed by atoms with Crippen molar-refractivity contribution in [3.8, 4) is 0 Å². The van der Waals surface area contributed by atoms with Crippen molar-refractivity contribution >= 4 is 33.1 Å². The molecule has 2 rings (SSSR count). The first-order chi connectivity index (χ1) is 9.90. The largest absolute Gasteiger partial charge is 0.310 e. The van der Waals surface area contributed by atoms with Gasteiger partial charge in [-0.1, -0.05) is 13.8 Å². The van der Waals surface area contributed by atoms with Crippen LogP contribution in [0.25, 0.3) is 0 Å². The summed E-state index contributed by atoms with van der Waals surface area (Å²) in [7, 11) is -3.37. The lowest BCUT2D eigenvalue weighted by molar-refractivity contribution is 0.552. The summed E-state index contributed by atoms with van der Waals surface area (Å²) < 4.78 is 27.7. The Morgan fingerprint density at radius 1 is 1.43 bits per heavy atom. The van der Waals surface area contributed by atoms with Crippen LogP contribution in [0.1, 0.15) is 38.0 Å². The van der Waals surface area contributed by atoms with Crippen molar-refractivity contribution in [2.75, 3.05) is 6.26 Å². The van der Waals surface area contributed by atoms with E-state index in [0.29, 0.717) is 16.2 Å². The SMILES string of the molecule is CSC1CCC(NS(=O)(=O)c2csc(CNC(C)C)c2)C1. The van der Waals surface area contributed by atoms with E-state index in [4.69, 9.17) is 0 Å². The van der Waals surface area contributed by atoms with Gasteiger partial charge in [0.2, 0.25) is 10.0 Å². The van der Waals surface area contributed by atoms with E-state index in [9.17, 15) is 8.42 Å². The van der Waals surface area contributed by atoms with E-state index in [1.807, 2.05) is 11.8 Å². The maximum atomic E-state index is 12.4. The minimum absolute atomic E-state index is 0.0876. The predicted molar refractivity (Wildman–Crippen MR) is 91.6 cm³/mol. The summed E-state index contributed by atoms with van der Waals surface area (Å²) in [6, 6.07) is 2.26. The quantitative estimate of drug-likeness (QED) is 0.795. The van der Waals surface area contributed by atoms with Crippen molar-refractivity contribution < 1.29 is 8.42 Å². The number of thioether (sulfide) groups is 1. The minimum atomic E-state index is -3.37. The van der Waals surface area contributed by atoms with Gasteiger partial charge in [-0.2, -0.15) is 11.8 Å². The maximum absolute atomic E-state index is 12.4. The lowest BCUT2D eigenvalue weighted by Crippen LogP contribution is -2.32. The Kier molecular flexibility index (Phi) is 6.14. The van der Waals surface area contributed by atoms with Crippen LogP contribution in [0, 0.1) is 0 Å². The van der Waals surface area contributed by atoms with Crippen LogP contribution in [0.15, 0.2) is 16.3 Å². The Morgan fingerprint density at radius 3 is 2.81 bits per heavy atom. The number of hydrogen-bond acceptors (Lipinski definition) is 5. The van der Waals surface area contributed by atoms with Gasteiger partial charge in [-0.15, -0.1) is 11.3 Å². The van der Waals surface area contributed by atoms with Crippen molar-refractivity contribution in [2.45, 2.75) is 61.9 Å². The lowest BCUT2D eigenvalue weighted by Gasteiger charge is -2.12. The molecular formula is C14H24N2O2S3. The number of thiophene rings is 1. The van der Waals surface area contributed by atoms with E-state index in [-0.39, 0.29) is 6.04 Å². The molecule has 21 heavy (non-hydrogen) atoms. The molecule has 0 radical (unpaired) electrons. The van der Waals surface area contributed by atoms with Gasteiger partial charge in [0.05, 0.1) is 4.90 Å². The van der Waals surface area contributed by atoms with Crippen molar-refractivity contribution in [3.05, 3.63) is 16.3 Å². The lowest BCUT2D eigenvalue weighted by atomic mass is 10.3. The van der Waals surface area contributed by atoms with Gasteiger partial charge < -0.3 is 5.32 Å². The highest BCUT2D eigenvalue weighted by Gasteiger charge is 2.28. The Bertz CT molecular complexity index is 554. The smallest absolute Gasteiger partial charge is 0.241 e. The summed E-state index contributed by atoms with van der Waals surface area (Å²) >= 11 is 3.33. The van der Waals surface area contributed by atoms with Crippen LogP contribution in [0.2, 0.25) is 0 Å². The third kappa shape index (κ3) is 4.96. The number of rotatable bonds is 7. The van der Waals surface area contributed by atoms with Crippen molar-refractivity contribution in [3.63, 3.8) is 0 Å². The molecule has 0 saturated heterocycles. The average molecular weight is 349 g/mol. The monoisotopic (exact) mass is 348 g/mol. The second kappa shape index (κ2) is 7.46. The number of nitrogens with one attached hydrogen (secondary N) is 2. The third-order valence-corrected chi connectivity index (χ3v) is 7.34. The molecule has 0 spiro atoms. The standard InChI is InChI=1S/C14H24N2O2S3/c1-10(2)15-8-13-7-14(9-20-13)21(17,18)16-11-4-5-12(6-11)19-3/h7,9-12,15-16H,4-6,8H2,1-3H3.